The summed E-state index contributed by atoms with van der Waals surface area (Å²) in [6.07, 6.45) is 5.06. The summed E-state index contributed by atoms with van der Waals surface area (Å²) in [7, 11) is 2.65. The van der Waals surface area contributed by atoms with E-state index in [-0.39, 0.29) is 73.0 Å². The first-order valence-electron chi connectivity index (χ1n) is 23.5. The SMILES string of the molecule is COC(=O)C[C@H](C(=O)N1CCC[C@H]1C(=O)Cc1ccc([C@H]2CC[C@H](c3ccc(CC(=O)[C@@H]4CCCN4C(=O)[C@@H](CC(=O)OC)C(C)C)cc3)N2c2ccc(C(C)C)cc2)cc1)C(C)C. The Morgan fingerprint density at radius 2 is 0.938 bits per heavy atom. The summed E-state index contributed by atoms with van der Waals surface area (Å²) in [5.74, 6) is -1.89. The Bertz CT molecular complexity index is 1990. The van der Waals surface area contributed by atoms with Crippen LogP contribution in [-0.2, 0) is 51.1 Å². The average Bonchev–Trinajstić information content (AvgIpc) is 4.08. The van der Waals surface area contributed by atoms with Crippen LogP contribution in [-0.4, -0.2) is 84.5 Å². The summed E-state index contributed by atoms with van der Waals surface area (Å²) in [6.45, 7) is 13.1. The van der Waals surface area contributed by atoms with Crippen molar-refractivity contribution in [1.82, 2.24) is 9.80 Å². The van der Waals surface area contributed by atoms with Gasteiger partial charge in [0.1, 0.15) is 0 Å². The van der Waals surface area contributed by atoms with E-state index in [9.17, 15) is 28.8 Å². The number of rotatable bonds is 18. The van der Waals surface area contributed by atoms with E-state index in [0.717, 1.165) is 53.6 Å². The Morgan fingerprint density at radius 3 is 1.28 bits per heavy atom. The summed E-state index contributed by atoms with van der Waals surface area (Å²) in [5, 5.41) is 0. The van der Waals surface area contributed by atoms with Crippen molar-refractivity contribution in [3.63, 3.8) is 0 Å². The third-order valence-electron chi connectivity index (χ3n) is 14.0. The van der Waals surface area contributed by atoms with Gasteiger partial charge in [-0.1, -0.05) is 102 Å². The molecule has 3 aromatic carbocycles. The van der Waals surface area contributed by atoms with Crippen LogP contribution in [0.5, 0.6) is 0 Å². The van der Waals surface area contributed by atoms with Gasteiger partial charge in [0, 0.05) is 31.6 Å². The molecule has 0 saturated carbocycles. The molecule has 344 valence electrons. The lowest BCUT2D eigenvalue weighted by molar-refractivity contribution is -0.149. The van der Waals surface area contributed by atoms with Crippen molar-refractivity contribution in [2.75, 3.05) is 32.2 Å². The molecule has 3 saturated heterocycles. The zero-order valence-corrected chi connectivity index (χ0v) is 39.2. The zero-order chi connectivity index (χ0) is 46.2. The third-order valence-corrected chi connectivity index (χ3v) is 14.0. The number of Topliss-reactive ketones (excluding diaryl/α,β-unsaturated/α-hetero) is 2. The first-order valence-corrected chi connectivity index (χ1v) is 23.5. The van der Waals surface area contributed by atoms with Gasteiger partial charge in [0.25, 0.3) is 0 Å². The molecule has 11 heteroatoms. The highest BCUT2D eigenvalue weighted by molar-refractivity contribution is 5.93. The minimum atomic E-state index is -0.529. The molecule has 3 heterocycles. The van der Waals surface area contributed by atoms with E-state index in [1.165, 1.54) is 19.8 Å². The Balaban J connectivity index is 1.16. The maximum Gasteiger partial charge on any atom is 0.306 e. The predicted molar refractivity (Wildman–Crippen MR) is 247 cm³/mol. The number of anilines is 1. The zero-order valence-electron chi connectivity index (χ0n) is 39.2. The number of methoxy groups -OCH3 is 2. The Labute approximate surface area is 380 Å². The lowest BCUT2D eigenvalue weighted by Gasteiger charge is -2.34. The maximum atomic E-state index is 13.8. The number of likely N-dealkylation sites (tertiary alicyclic amines) is 2. The second kappa shape index (κ2) is 21.6. The summed E-state index contributed by atoms with van der Waals surface area (Å²) >= 11 is 0. The molecule has 0 radical (unpaired) electrons. The lowest BCUT2D eigenvalue weighted by Crippen LogP contribution is -2.45. The van der Waals surface area contributed by atoms with Gasteiger partial charge in [-0.3, -0.25) is 28.8 Å². The smallest absolute Gasteiger partial charge is 0.306 e. The molecule has 2 amide bonds. The molecule has 6 rings (SSSR count). The molecule has 6 atom stereocenters. The number of nitrogens with zero attached hydrogens (tertiary/aromatic N) is 3. The molecule has 0 N–H and O–H groups in total. The molecule has 0 unspecified atom stereocenters. The minimum Gasteiger partial charge on any atom is -0.469 e. The Hall–Kier alpha value is -5.32. The van der Waals surface area contributed by atoms with Gasteiger partial charge in [0.15, 0.2) is 11.6 Å². The number of amides is 2. The fourth-order valence-electron chi connectivity index (χ4n) is 10.1. The Kier molecular flexibility index (Phi) is 16.2. The molecule has 3 aromatic rings. The quantitative estimate of drug-likeness (QED) is 0.115. The molecule has 64 heavy (non-hydrogen) atoms. The van der Waals surface area contributed by atoms with Crippen LogP contribution in [0.3, 0.4) is 0 Å². The van der Waals surface area contributed by atoms with E-state index >= 15 is 0 Å². The number of carbonyl (C=O) groups is 6. The van der Waals surface area contributed by atoms with Crippen molar-refractivity contribution in [2.45, 2.75) is 136 Å². The standard InChI is InChI=1S/C53H69N3O8/c1-33(2)38-21-23-41(24-22-38)56-44(39-17-13-36(14-18-39)29-48(57)46-11-9-27-54(46)52(61)42(34(3)4)31-50(59)63-7)25-26-45(56)40-19-15-37(16-20-40)30-49(58)47-12-10-28-55(47)53(62)43(35(5)6)32-51(60)64-8/h13-24,33-35,42-47H,9-12,25-32H2,1-8H3/t42-,43-,44+,45+,46-,47-/m0/s1. The third kappa shape index (κ3) is 11.1. The van der Waals surface area contributed by atoms with Crippen LogP contribution in [0.25, 0.3) is 0 Å². The molecular formula is C53H69N3O8. The topological polar surface area (TPSA) is 131 Å². The summed E-state index contributed by atoms with van der Waals surface area (Å²) in [5.41, 5.74) is 6.54. The molecule has 11 nitrogen and oxygen atoms in total. The van der Waals surface area contributed by atoms with Gasteiger partial charge in [0.2, 0.25) is 11.8 Å². The first-order chi connectivity index (χ1) is 30.6. The first kappa shape index (κ1) is 48.1. The van der Waals surface area contributed by atoms with Gasteiger partial charge >= 0.3 is 11.9 Å². The van der Waals surface area contributed by atoms with Crippen molar-refractivity contribution in [1.29, 1.82) is 0 Å². The number of hydrogen-bond donors (Lipinski definition) is 0. The number of carbonyl (C=O) groups excluding carboxylic acids is 6. The van der Waals surface area contributed by atoms with Gasteiger partial charge in [0.05, 0.1) is 63.1 Å². The number of benzene rings is 3. The van der Waals surface area contributed by atoms with Crippen LogP contribution in [0, 0.1) is 23.7 Å². The van der Waals surface area contributed by atoms with E-state index in [2.05, 4.69) is 67.3 Å². The number of ether oxygens (including phenoxy) is 2. The van der Waals surface area contributed by atoms with Gasteiger partial charge in [-0.25, -0.2) is 0 Å². The Morgan fingerprint density at radius 1 is 0.547 bits per heavy atom. The lowest BCUT2D eigenvalue weighted by atomic mass is 9.90. The van der Waals surface area contributed by atoms with Gasteiger partial charge < -0.3 is 24.2 Å². The summed E-state index contributed by atoms with van der Waals surface area (Å²) in [6, 6.07) is 24.8. The summed E-state index contributed by atoms with van der Waals surface area (Å²) in [4.78, 5) is 85.0. The van der Waals surface area contributed by atoms with Crippen molar-refractivity contribution in [3.8, 4) is 0 Å². The molecule has 3 aliphatic rings. The monoisotopic (exact) mass is 876 g/mol. The largest absolute Gasteiger partial charge is 0.469 e. The van der Waals surface area contributed by atoms with Crippen molar-refractivity contribution in [2.24, 2.45) is 23.7 Å². The molecule has 0 aliphatic carbocycles. The fraction of sp³-hybridized carbons (Fsp3) is 0.547. The van der Waals surface area contributed by atoms with Crippen molar-refractivity contribution < 1.29 is 38.2 Å². The number of hydrogen-bond acceptors (Lipinski definition) is 9. The number of esters is 2. The van der Waals surface area contributed by atoms with Crippen molar-refractivity contribution >= 4 is 41.0 Å². The normalized spacial score (nSPS) is 20.8. The van der Waals surface area contributed by atoms with Gasteiger partial charge in [-0.2, -0.15) is 0 Å². The van der Waals surface area contributed by atoms with Gasteiger partial charge in [-0.15, -0.1) is 0 Å². The van der Waals surface area contributed by atoms with Gasteiger partial charge in [-0.05, 0) is 96.2 Å². The number of ketones is 2. The van der Waals surface area contributed by atoms with Crippen LogP contribution in [0.4, 0.5) is 5.69 Å². The fourth-order valence-corrected chi connectivity index (χ4v) is 10.1. The summed E-state index contributed by atoms with van der Waals surface area (Å²) < 4.78 is 9.73. The van der Waals surface area contributed by atoms with Crippen LogP contribution >= 0.6 is 0 Å². The highest BCUT2D eigenvalue weighted by atomic mass is 16.5. The molecule has 3 aliphatic heterocycles. The second-order valence-electron chi connectivity index (χ2n) is 19.2. The molecule has 0 spiro atoms. The highest BCUT2D eigenvalue weighted by Gasteiger charge is 2.41. The van der Waals surface area contributed by atoms with Crippen LogP contribution in [0.2, 0.25) is 0 Å². The second-order valence-corrected chi connectivity index (χ2v) is 19.2. The average molecular weight is 876 g/mol. The highest BCUT2D eigenvalue weighted by Crippen LogP contribution is 2.47. The van der Waals surface area contributed by atoms with E-state index in [4.69, 9.17) is 9.47 Å². The van der Waals surface area contributed by atoms with E-state index in [1.807, 2.05) is 52.0 Å². The molecule has 0 aromatic heterocycles. The van der Waals surface area contributed by atoms with Crippen molar-refractivity contribution in [3.05, 3.63) is 101 Å². The van der Waals surface area contributed by atoms with E-state index in [1.54, 1.807) is 9.80 Å². The molecular weight excluding hydrogens is 807 g/mol. The maximum absolute atomic E-state index is 13.8. The minimum absolute atomic E-state index is 0.00427. The molecule has 0 bridgehead atoms. The molecule has 3 fully saturated rings. The predicted octanol–water partition coefficient (Wildman–Crippen LogP) is 8.77. The van der Waals surface area contributed by atoms with E-state index in [0.29, 0.717) is 31.8 Å². The van der Waals surface area contributed by atoms with Crippen LogP contribution in [0.1, 0.15) is 139 Å². The van der Waals surface area contributed by atoms with Crippen LogP contribution < -0.4 is 4.90 Å². The van der Waals surface area contributed by atoms with Crippen LogP contribution in [0.15, 0.2) is 72.8 Å². The van der Waals surface area contributed by atoms with E-state index < -0.39 is 35.9 Å².